The molecule has 0 fully saturated rings. The Morgan fingerprint density at radius 3 is 2.65 bits per heavy atom. The van der Waals surface area contributed by atoms with Crippen molar-refractivity contribution in [2.75, 3.05) is 5.32 Å². The summed E-state index contributed by atoms with van der Waals surface area (Å²) in [6, 6.07) is 9.21. The summed E-state index contributed by atoms with van der Waals surface area (Å²) in [4.78, 5) is 12.6. The van der Waals surface area contributed by atoms with Crippen LogP contribution in [0.2, 0.25) is 0 Å². The molecule has 0 bridgehead atoms. The number of amides is 2. The number of hydrogen-bond acceptors (Lipinski definition) is 2. The molecule has 0 saturated heterocycles. The normalized spacial score (nSPS) is 9.94. The average Bonchev–Trinajstić information content (AvgIpc) is 2.83. The lowest BCUT2D eigenvalue weighted by atomic mass is 10.3. The number of anilines is 1. The van der Waals surface area contributed by atoms with Crippen LogP contribution in [0.3, 0.4) is 0 Å². The average molecular weight is 250 g/mol. The molecule has 1 aromatic carbocycles. The Morgan fingerprint density at radius 1 is 1.24 bits per heavy atom. The van der Waals surface area contributed by atoms with E-state index in [1.807, 2.05) is 17.5 Å². The minimum absolute atomic E-state index is 0.301. The standard InChI is InChI=1S/C12H11FN2OS/c13-9-3-5-10(6-4-9)15-12(16)14-8-11-2-1-7-17-11/h1-7H,8H2,(H2,14,15,16). The van der Waals surface area contributed by atoms with E-state index in [0.29, 0.717) is 12.2 Å². The SMILES string of the molecule is O=C(NCc1cccs1)Nc1ccc(F)cc1. The summed E-state index contributed by atoms with van der Waals surface area (Å²) < 4.78 is 12.6. The van der Waals surface area contributed by atoms with Gasteiger partial charge in [0.1, 0.15) is 5.82 Å². The quantitative estimate of drug-likeness (QED) is 0.862. The highest BCUT2D eigenvalue weighted by Gasteiger charge is 2.01. The second-order valence-electron chi connectivity index (χ2n) is 3.39. The zero-order valence-electron chi connectivity index (χ0n) is 8.94. The van der Waals surface area contributed by atoms with E-state index < -0.39 is 0 Å². The topological polar surface area (TPSA) is 41.1 Å². The maximum absolute atomic E-state index is 12.6. The third-order valence-electron chi connectivity index (χ3n) is 2.11. The van der Waals surface area contributed by atoms with Gasteiger partial charge in [-0.2, -0.15) is 0 Å². The summed E-state index contributed by atoms with van der Waals surface area (Å²) >= 11 is 1.58. The van der Waals surface area contributed by atoms with Crippen LogP contribution in [0, 0.1) is 5.82 Å². The van der Waals surface area contributed by atoms with E-state index in [0.717, 1.165) is 4.88 Å². The number of hydrogen-bond donors (Lipinski definition) is 2. The first kappa shape index (κ1) is 11.6. The molecule has 2 amide bonds. The predicted octanol–water partition coefficient (Wildman–Crippen LogP) is 3.21. The molecule has 88 valence electrons. The van der Waals surface area contributed by atoms with E-state index in [9.17, 15) is 9.18 Å². The second-order valence-corrected chi connectivity index (χ2v) is 4.43. The van der Waals surface area contributed by atoms with Gasteiger partial charge in [0.15, 0.2) is 0 Å². The molecular weight excluding hydrogens is 239 g/mol. The summed E-state index contributed by atoms with van der Waals surface area (Å²) in [5.41, 5.74) is 0.565. The summed E-state index contributed by atoms with van der Waals surface area (Å²) in [5, 5.41) is 7.29. The van der Waals surface area contributed by atoms with Crippen molar-refractivity contribution in [1.82, 2.24) is 5.32 Å². The van der Waals surface area contributed by atoms with Crippen LogP contribution in [-0.2, 0) is 6.54 Å². The van der Waals surface area contributed by atoms with Gasteiger partial charge in [0.2, 0.25) is 0 Å². The molecule has 0 aliphatic heterocycles. The van der Waals surface area contributed by atoms with Gasteiger partial charge >= 0.3 is 6.03 Å². The van der Waals surface area contributed by atoms with Gasteiger partial charge < -0.3 is 10.6 Å². The van der Waals surface area contributed by atoms with Crippen molar-refractivity contribution in [3.8, 4) is 0 Å². The van der Waals surface area contributed by atoms with Gasteiger partial charge in [-0.05, 0) is 35.7 Å². The lowest BCUT2D eigenvalue weighted by Gasteiger charge is -2.06. The molecule has 0 spiro atoms. The Labute approximate surface area is 102 Å². The van der Waals surface area contributed by atoms with E-state index in [1.54, 1.807) is 11.3 Å². The Balaban J connectivity index is 1.83. The highest BCUT2D eigenvalue weighted by molar-refractivity contribution is 7.09. The number of nitrogens with one attached hydrogen (secondary N) is 2. The Bertz CT molecular complexity index is 482. The number of carbonyl (C=O) groups is 1. The number of rotatable bonds is 3. The third kappa shape index (κ3) is 3.57. The third-order valence-corrected chi connectivity index (χ3v) is 2.98. The van der Waals surface area contributed by atoms with E-state index in [4.69, 9.17) is 0 Å². The van der Waals surface area contributed by atoms with Crippen molar-refractivity contribution in [3.05, 3.63) is 52.5 Å². The Hall–Kier alpha value is -1.88. The predicted molar refractivity (Wildman–Crippen MR) is 66.6 cm³/mol. The van der Waals surface area contributed by atoms with Crippen molar-refractivity contribution < 1.29 is 9.18 Å². The highest BCUT2D eigenvalue weighted by Crippen LogP contribution is 2.09. The molecule has 0 radical (unpaired) electrons. The first-order chi connectivity index (χ1) is 8.24. The number of thiophene rings is 1. The van der Waals surface area contributed by atoms with Gasteiger partial charge in [-0.15, -0.1) is 11.3 Å². The molecule has 0 aliphatic carbocycles. The van der Waals surface area contributed by atoms with Gasteiger partial charge in [-0.3, -0.25) is 0 Å². The lowest BCUT2D eigenvalue weighted by Crippen LogP contribution is -2.27. The van der Waals surface area contributed by atoms with Gasteiger partial charge in [0.25, 0.3) is 0 Å². The molecule has 2 rings (SSSR count). The van der Waals surface area contributed by atoms with Crippen LogP contribution >= 0.6 is 11.3 Å². The van der Waals surface area contributed by atoms with Gasteiger partial charge in [0.05, 0.1) is 6.54 Å². The zero-order chi connectivity index (χ0) is 12.1. The molecule has 1 aromatic heterocycles. The van der Waals surface area contributed by atoms with Crippen LogP contribution in [0.4, 0.5) is 14.9 Å². The molecular formula is C12H11FN2OS. The Kier molecular flexibility index (Phi) is 3.72. The molecule has 2 aromatic rings. The van der Waals surface area contributed by atoms with E-state index >= 15 is 0 Å². The summed E-state index contributed by atoms with van der Waals surface area (Å²) in [7, 11) is 0. The lowest BCUT2D eigenvalue weighted by molar-refractivity contribution is 0.252. The summed E-state index contributed by atoms with van der Waals surface area (Å²) in [5.74, 6) is -0.324. The molecule has 2 N–H and O–H groups in total. The minimum Gasteiger partial charge on any atom is -0.333 e. The molecule has 1 heterocycles. The first-order valence-electron chi connectivity index (χ1n) is 5.07. The van der Waals surface area contributed by atoms with Crippen LogP contribution in [0.5, 0.6) is 0 Å². The number of halogens is 1. The van der Waals surface area contributed by atoms with E-state index in [-0.39, 0.29) is 11.8 Å². The fraction of sp³-hybridized carbons (Fsp3) is 0.0833. The number of urea groups is 1. The fourth-order valence-electron chi connectivity index (χ4n) is 1.29. The van der Waals surface area contributed by atoms with Gasteiger partial charge in [-0.1, -0.05) is 6.07 Å². The van der Waals surface area contributed by atoms with E-state index in [1.165, 1.54) is 24.3 Å². The molecule has 0 unspecified atom stereocenters. The van der Waals surface area contributed by atoms with Crippen molar-refractivity contribution in [1.29, 1.82) is 0 Å². The first-order valence-corrected chi connectivity index (χ1v) is 5.95. The van der Waals surface area contributed by atoms with Crippen LogP contribution in [0.1, 0.15) is 4.88 Å². The van der Waals surface area contributed by atoms with E-state index in [2.05, 4.69) is 10.6 Å². The summed E-state index contributed by atoms with van der Waals surface area (Å²) in [6.45, 7) is 0.491. The minimum atomic E-state index is -0.324. The molecule has 0 aliphatic rings. The van der Waals surface area contributed by atoms with Gasteiger partial charge in [0, 0.05) is 10.6 Å². The van der Waals surface area contributed by atoms with Crippen LogP contribution in [-0.4, -0.2) is 6.03 Å². The second kappa shape index (κ2) is 5.45. The maximum Gasteiger partial charge on any atom is 0.319 e. The summed E-state index contributed by atoms with van der Waals surface area (Å²) in [6.07, 6.45) is 0. The maximum atomic E-state index is 12.6. The molecule has 0 saturated carbocycles. The number of benzene rings is 1. The van der Waals surface area contributed by atoms with Crippen molar-refractivity contribution in [2.24, 2.45) is 0 Å². The van der Waals surface area contributed by atoms with Gasteiger partial charge in [-0.25, -0.2) is 9.18 Å². The molecule has 3 nitrogen and oxygen atoms in total. The van der Waals surface area contributed by atoms with Crippen molar-refractivity contribution >= 4 is 23.1 Å². The zero-order valence-corrected chi connectivity index (χ0v) is 9.76. The highest BCUT2D eigenvalue weighted by atomic mass is 32.1. The Morgan fingerprint density at radius 2 is 2.00 bits per heavy atom. The van der Waals surface area contributed by atoms with Crippen LogP contribution < -0.4 is 10.6 Å². The van der Waals surface area contributed by atoms with Crippen LogP contribution in [0.15, 0.2) is 41.8 Å². The number of carbonyl (C=O) groups excluding carboxylic acids is 1. The molecule has 0 atom stereocenters. The molecule has 17 heavy (non-hydrogen) atoms. The smallest absolute Gasteiger partial charge is 0.319 e. The van der Waals surface area contributed by atoms with Crippen molar-refractivity contribution in [3.63, 3.8) is 0 Å². The van der Waals surface area contributed by atoms with Crippen LogP contribution in [0.25, 0.3) is 0 Å². The van der Waals surface area contributed by atoms with Crippen molar-refractivity contribution in [2.45, 2.75) is 6.54 Å². The largest absolute Gasteiger partial charge is 0.333 e. The fourth-order valence-corrected chi connectivity index (χ4v) is 1.93. The monoisotopic (exact) mass is 250 g/mol. The molecule has 5 heteroatoms.